The number of fused-ring (bicyclic) bond motifs is 5. The van der Waals surface area contributed by atoms with E-state index in [1.165, 1.54) is 6.07 Å². The number of carbonyl (C=O) groups excluding carboxylic acids is 1. The van der Waals surface area contributed by atoms with Gasteiger partial charge in [-0.2, -0.15) is 9.49 Å². The van der Waals surface area contributed by atoms with Crippen LogP contribution in [0.2, 0.25) is 0 Å². The van der Waals surface area contributed by atoms with E-state index in [2.05, 4.69) is 15.2 Å². The number of para-hydroxylation sites is 1. The summed E-state index contributed by atoms with van der Waals surface area (Å²) in [6.07, 6.45) is 3.19. The third-order valence-electron chi connectivity index (χ3n) is 7.59. The molecule has 40 heavy (non-hydrogen) atoms. The normalized spacial score (nSPS) is 18.9. The van der Waals surface area contributed by atoms with Crippen molar-refractivity contribution in [1.82, 2.24) is 19.7 Å². The number of nitrogens with zero attached hydrogens (tertiary/aromatic N) is 6. The highest BCUT2D eigenvalue weighted by atomic mass is 19.1. The Morgan fingerprint density at radius 3 is 2.52 bits per heavy atom. The summed E-state index contributed by atoms with van der Waals surface area (Å²) in [5, 5.41) is 15.5. The van der Waals surface area contributed by atoms with Gasteiger partial charge in [0.05, 0.1) is 24.3 Å². The minimum absolute atomic E-state index is 0.118. The van der Waals surface area contributed by atoms with E-state index in [0.717, 1.165) is 43.2 Å². The molecule has 2 aliphatic heterocycles. The smallest absolute Gasteiger partial charge is 0.267 e. The minimum atomic E-state index is -0.505. The summed E-state index contributed by atoms with van der Waals surface area (Å²) in [6.45, 7) is 0.449. The molecule has 0 spiro atoms. The molecule has 0 saturated heterocycles. The maximum absolute atomic E-state index is 13.7. The van der Waals surface area contributed by atoms with Gasteiger partial charge in [0.2, 0.25) is 11.9 Å². The van der Waals surface area contributed by atoms with Gasteiger partial charge >= 0.3 is 0 Å². The van der Waals surface area contributed by atoms with E-state index in [0.29, 0.717) is 35.4 Å². The van der Waals surface area contributed by atoms with E-state index < -0.39 is 5.95 Å². The number of anilines is 3. The van der Waals surface area contributed by atoms with Gasteiger partial charge in [0.1, 0.15) is 11.4 Å². The molecule has 1 aliphatic carbocycles. The fraction of sp³-hybridized carbons (Fsp3) is 0.267. The fourth-order valence-corrected chi connectivity index (χ4v) is 5.73. The van der Waals surface area contributed by atoms with Crippen molar-refractivity contribution < 1.29 is 14.3 Å². The van der Waals surface area contributed by atoms with E-state index in [4.69, 9.17) is 15.2 Å². The zero-order chi connectivity index (χ0) is 27.8. The van der Waals surface area contributed by atoms with Crippen molar-refractivity contribution in [2.75, 3.05) is 24.4 Å². The van der Waals surface area contributed by atoms with E-state index >= 15 is 0 Å². The first-order valence-electron chi connectivity index (χ1n) is 13.3. The highest BCUT2D eigenvalue weighted by molar-refractivity contribution is 6.21. The Morgan fingerprint density at radius 1 is 1.00 bits per heavy atom. The Labute approximate surface area is 231 Å². The molecule has 0 radical (unpaired) electrons. The maximum atomic E-state index is 13.7. The van der Waals surface area contributed by atoms with Crippen molar-refractivity contribution in [1.29, 1.82) is 0 Å². The van der Waals surface area contributed by atoms with Crippen molar-refractivity contribution in [3.05, 3.63) is 89.9 Å². The van der Waals surface area contributed by atoms with Gasteiger partial charge in [0.25, 0.3) is 5.91 Å². The van der Waals surface area contributed by atoms with E-state index in [9.17, 15) is 9.18 Å². The van der Waals surface area contributed by atoms with E-state index in [1.54, 1.807) is 24.1 Å². The molecule has 9 nitrogen and oxygen atoms in total. The fourth-order valence-electron chi connectivity index (χ4n) is 5.73. The van der Waals surface area contributed by atoms with Crippen molar-refractivity contribution in [3.8, 4) is 11.3 Å². The van der Waals surface area contributed by atoms with Gasteiger partial charge in [-0.15, -0.1) is 0 Å². The molecule has 2 N–H and O–H groups in total. The lowest BCUT2D eigenvalue weighted by molar-refractivity contribution is 0.0866. The average Bonchev–Trinajstić information content (AvgIpc) is 3.68. The number of aliphatic imine (C=N–C) groups is 1. The predicted molar refractivity (Wildman–Crippen MR) is 152 cm³/mol. The second-order valence-corrected chi connectivity index (χ2v) is 9.97. The molecule has 2 atom stereocenters. The summed E-state index contributed by atoms with van der Waals surface area (Å²) < 4.78 is 15.5. The standard InChI is InChI=1S/C29H26FN7O.CH4O/c1-35-28(38)25-26(31-20-7-3-2-4-8-20)36(34-27(25)37-23-11-5-10-22(23)33-29(35)37)17-18-13-15-19(16-14-18)21-9-6-12-24(30)32-21;1-2/h2-4,6-9,12-16,22-23,31H,5,10-11,17H2,1H3;2H,1H3/t22-,23+;/m1./s1. The third kappa shape index (κ3) is 4.40. The van der Waals surface area contributed by atoms with Crippen LogP contribution in [-0.4, -0.2) is 62.9 Å². The molecule has 4 heterocycles. The number of rotatable bonds is 5. The van der Waals surface area contributed by atoms with Crippen LogP contribution in [0.5, 0.6) is 0 Å². The molecule has 10 heteroatoms. The van der Waals surface area contributed by atoms with E-state index in [1.807, 2.05) is 59.3 Å². The zero-order valence-electron chi connectivity index (χ0n) is 22.3. The molecule has 0 unspecified atom stereocenters. The van der Waals surface area contributed by atoms with Crippen LogP contribution in [0.4, 0.5) is 21.7 Å². The number of nitrogens with one attached hydrogen (secondary N) is 1. The lowest BCUT2D eigenvalue weighted by atomic mass is 10.1. The number of benzene rings is 2. The summed E-state index contributed by atoms with van der Waals surface area (Å²) in [4.78, 5) is 26.4. The Hall–Kier alpha value is -4.57. The van der Waals surface area contributed by atoms with Crippen LogP contribution in [0.1, 0.15) is 35.2 Å². The molecule has 3 aliphatic rings. The van der Waals surface area contributed by atoms with Crippen molar-refractivity contribution in [3.63, 3.8) is 0 Å². The first-order valence-corrected chi connectivity index (χ1v) is 13.3. The van der Waals surface area contributed by atoms with Gasteiger partial charge < -0.3 is 10.4 Å². The molecule has 2 aromatic heterocycles. The van der Waals surface area contributed by atoms with Crippen molar-refractivity contribution >= 4 is 29.2 Å². The SMILES string of the molecule is CN1C(=O)c2c(nn(Cc3ccc(-c4cccc(F)n4)cc3)c2Nc2ccccc2)N2C1=N[C@@H]1CCC[C@@H]12.CO. The lowest BCUT2D eigenvalue weighted by Crippen LogP contribution is -2.51. The number of guanidine groups is 1. The van der Waals surface area contributed by atoms with Gasteiger partial charge in [-0.25, -0.2) is 14.7 Å². The van der Waals surface area contributed by atoms with Crippen molar-refractivity contribution in [2.45, 2.75) is 37.9 Å². The summed E-state index contributed by atoms with van der Waals surface area (Å²) in [5.41, 5.74) is 3.84. The number of halogens is 1. The van der Waals surface area contributed by atoms with Gasteiger partial charge in [0.15, 0.2) is 5.82 Å². The van der Waals surface area contributed by atoms with Gasteiger partial charge in [-0.3, -0.25) is 14.6 Å². The highest BCUT2D eigenvalue weighted by Crippen LogP contribution is 2.43. The number of hydrogen-bond donors (Lipinski definition) is 2. The minimum Gasteiger partial charge on any atom is -0.400 e. The number of carbonyl (C=O) groups is 1. The topological polar surface area (TPSA) is 98.9 Å². The van der Waals surface area contributed by atoms with Crippen LogP contribution in [0.15, 0.2) is 77.8 Å². The molecular formula is C30H30FN7O2. The number of hydrogen-bond acceptors (Lipinski definition) is 7. The van der Waals surface area contributed by atoms with Crippen LogP contribution < -0.4 is 10.2 Å². The Morgan fingerprint density at radius 2 is 1.77 bits per heavy atom. The summed E-state index contributed by atoms with van der Waals surface area (Å²) in [6, 6.07) is 22.8. The molecule has 204 valence electrons. The summed E-state index contributed by atoms with van der Waals surface area (Å²) >= 11 is 0. The second-order valence-electron chi connectivity index (χ2n) is 9.97. The number of amides is 1. The predicted octanol–water partition coefficient (Wildman–Crippen LogP) is 4.67. The average molecular weight is 540 g/mol. The Bertz CT molecular complexity index is 1570. The molecule has 1 amide bonds. The molecular weight excluding hydrogens is 509 g/mol. The van der Waals surface area contributed by atoms with Crippen LogP contribution in [0.25, 0.3) is 11.3 Å². The number of aromatic nitrogens is 3. The van der Waals surface area contributed by atoms with Crippen molar-refractivity contribution in [2.24, 2.45) is 4.99 Å². The second kappa shape index (κ2) is 10.5. The molecule has 1 saturated carbocycles. The van der Waals surface area contributed by atoms with Crippen LogP contribution in [0.3, 0.4) is 0 Å². The van der Waals surface area contributed by atoms with Crippen LogP contribution in [-0.2, 0) is 6.54 Å². The molecule has 0 bridgehead atoms. The first kappa shape index (κ1) is 25.7. The number of aliphatic hydroxyl groups excluding tert-OH is 1. The van der Waals surface area contributed by atoms with Crippen LogP contribution in [0, 0.1) is 5.95 Å². The number of pyridine rings is 1. The maximum Gasteiger partial charge on any atom is 0.267 e. The van der Waals surface area contributed by atoms with Crippen LogP contribution >= 0.6 is 0 Å². The molecule has 1 fully saturated rings. The third-order valence-corrected chi connectivity index (χ3v) is 7.59. The molecule has 7 rings (SSSR count). The van der Waals surface area contributed by atoms with Gasteiger partial charge in [-0.1, -0.05) is 48.5 Å². The quantitative estimate of drug-likeness (QED) is 0.358. The van der Waals surface area contributed by atoms with Gasteiger partial charge in [-0.05, 0) is 49.1 Å². The summed E-state index contributed by atoms with van der Waals surface area (Å²) in [5.74, 6) is 1.39. The monoisotopic (exact) mass is 539 g/mol. The summed E-state index contributed by atoms with van der Waals surface area (Å²) in [7, 11) is 2.79. The largest absolute Gasteiger partial charge is 0.400 e. The van der Waals surface area contributed by atoms with E-state index in [-0.39, 0.29) is 18.0 Å². The Balaban J connectivity index is 0.00000142. The Kier molecular flexibility index (Phi) is 6.77. The number of aliphatic hydroxyl groups is 1. The lowest BCUT2D eigenvalue weighted by Gasteiger charge is -2.34. The zero-order valence-corrected chi connectivity index (χ0v) is 22.3. The molecule has 2 aromatic carbocycles. The first-order chi connectivity index (χ1) is 19.6. The highest BCUT2D eigenvalue weighted by Gasteiger charge is 2.49. The van der Waals surface area contributed by atoms with Gasteiger partial charge in [0, 0.05) is 25.4 Å². The molecule has 4 aromatic rings.